The molecule has 2 atom stereocenters. The molecule has 1 aromatic heterocycles. The monoisotopic (exact) mass is 226 g/mol. The third-order valence-electron chi connectivity index (χ3n) is 2.67. The van der Waals surface area contributed by atoms with Crippen LogP contribution < -0.4 is 5.32 Å². The average molecular weight is 227 g/mol. The Bertz CT molecular complexity index is 301. The predicted molar refractivity (Wildman–Crippen MR) is 65.3 cm³/mol. The normalized spacial score (nSPS) is 14.9. The molecule has 0 radical (unpaired) electrons. The Morgan fingerprint density at radius 3 is 2.80 bits per heavy atom. The third-order valence-corrected chi connectivity index (χ3v) is 3.01. The quantitative estimate of drug-likeness (QED) is 0.835. The molecule has 3 heteroatoms. The van der Waals surface area contributed by atoms with Crippen molar-refractivity contribution in [1.82, 2.24) is 10.3 Å². The molecule has 84 valence electrons. The molecule has 0 amide bonds. The first-order valence-electron chi connectivity index (χ1n) is 5.39. The van der Waals surface area contributed by atoms with Crippen LogP contribution in [0.25, 0.3) is 0 Å². The number of halogens is 1. The van der Waals surface area contributed by atoms with Crippen molar-refractivity contribution in [3.63, 3.8) is 0 Å². The minimum absolute atomic E-state index is 0.556. The van der Waals surface area contributed by atoms with E-state index in [0.29, 0.717) is 12.0 Å². The molecule has 1 heterocycles. The maximum atomic E-state index is 6.06. The molecule has 0 aliphatic carbocycles. The molecular formula is C12H19ClN2. The van der Waals surface area contributed by atoms with Gasteiger partial charge in [0, 0.05) is 18.4 Å². The highest BCUT2D eigenvalue weighted by atomic mass is 35.5. The molecular weight excluding hydrogens is 208 g/mol. The van der Waals surface area contributed by atoms with E-state index < -0.39 is 0 Å². The number of rotatable bonds is 5. The van der Waals surface area contributed by atoms with Crippen molar-refractivity contribution >= 4 is 11.6 Å². The van der Waals surface area contributed by atoms with Crippen molar-refractivity contribution in [1.29, 1.82) is 0 Å². The zero-order chi connectivity index (χ0) is 11.3. The van der Waals surface area contributed by atoms with Gasteiger partial charge in [-0.15, -0.1) is 0 Å². The summed E-state index contributed by atoms with van der Waals surface area (Å²) in [5.74, 6) is 0.632. The largest absolute Gasteiger partial charge is 0.317 e. The molecule has 1 N–H and O–H groups in total. The summed E-state index contributed by atoms with van der Waals surface area (Å²) in [6, 6.07) is 2.56. The van der Waals surface area contributed by atoms with Crippen LogP contribution >= 0.6 is 11.6 Å². The molecule has 1 aromatic rings. The number of nitrogens with one attached hydrogen (secondary N) is 1. The molecule has 0 spiro atoms. The van der Waals surface area contributed by atoms with Crippen molar-refractivity contribution in [2.75, 3.05) is 7.05 Å². The van der Waals surface area contributed by atoms with Gasteiger partial charge >= 0.3 is 0 Å². The number of pyridine rings is 1. The third kappa shape index (κ3) is 4.18. The van der Waals surface area contributed by atoms with Gasteiger partial charge in [-0.05, 0) is 44.4 Å². The van der Waals surface area contributed by atoms with E-state index in [-0.39, 0.29) is 0 Å². The van der Waals surface area contributed by atoms with E-state index in [0.717, 1.165) is 17.9 Å². The summed E-state index contributed by atoms with van der Waals surface area (Å²) in [5, 5.41) is 4.03. The van der Waals surface area contributed by atoms with Crippen molar-refractivity contribution < 1.29 is 0 Å². The zero-order valence-electron chi connectivity index (χ0n) is 9.63. The first-order valence-corrected chi connectivity index (χ1v) is 5.77. The molecule has 15 heavy (non-hydrogen) atoms. The topological polar surface area (TPSA) is 24.9 Å². The van der Waals surface area contributed by atoms with Gasteiger partial charge in [-0.25, -0.2) is 0 Å². The van der Waals surface area contributed by atoms with Crippen molar-refractivity contribution in [3.05, 3.63) is 29.0 Å². The van der Waals surface area contributed by atoms with Crippen LogP contribution in [0.5, 0.6) is 0 Å². The van der Waals surface area contributed by atoms with Crippen LogP contribution in [0.4, 0.5) is 0 Å². The van der Waals surface area contributed by atoms with Gasteiger partial charge in [0.2, 0.25) is 0 Å². The van der Waals surface area contributed by atoms with Crippen LogP contribution in [0.15, 0.2) is 18.5 Å². The Kier molecular flexibility index (Phi) is 5.06. The summed E-state index contributed by atoms with van der Waals surface area (Å²) < 4.78 is 0. The van der Waals surface area contributed by atoms with E-state index in [1.54, 1.807) is 12.4 Å². The Balaban J connectivity index is 2.51. The van der Waals surface area contributed by atoms with Crippen molar-refractivity contribution in [2.45, 2.75) is 32.7 Å². The van der Waals surface area contributed by atoms with Crippen LogP contribution in [-0.4, -0.2) is 18.1 Å². The van der Waals surface area contributed by atoms with Gasteiger partial charge in [-0.3, -0.25) is 4.98 Å². The Morgan fingerprint density at radius 1 is 1.47 bits per heavy atom. The number of aromatic nitrogens is 1. The van der Waals surface area contributed by atoms with Gasteiger partial charge < -0.3 is 5.32 Å². The lowest BCUT2D eigenvalue weighted by Crippen LogP contribution is -2.24. The highest BCUT2D eigenvalue weighted by Crippen LogP contribution is 2.19. The maximum absolute atomic E-state index is 6.06. The fourth-order valence-corrected chi connectivity index (χ4v) is 1.95. The van der Waals surface area contributed by atoms with Crippen molar-refractivity contribution in [2.24, 2.45) is 5.92 Å². The summed E-state index contributed by atoms with van der Waals surface area (Å²) in [4.78, 5) is 3.99. The average Bonchev–Trinajstić information content (AvgIpc) is 2.21. The highest BCUT2D eigenvalue weighted by Gasteiger charge is 2.09. The molecule has 2 unspecified atom stereocenters. The first-order chi connectivity index (χ1) is 7.13. The lowest BCUT2D eigenvalue weighted by molar-refractivity contribution is 0.440. The second-order valence-corrected chi connectivity index (χ2v) is 4.61. The van der Waals surface area contributed by atoms with E-state index in [1.807, 2.05) is 13.1 Å². The van der Waals surface area contributed by atoms with E-state index in [4.69, 9.17) is 11.6 Å². The van der Waals surface area contributed by atoms with Gasteiger partial charge in [0.15, 0.2) is 0 Å². The Hall–Kier alpha value is -0.600. The fraction of sp³-hybridized carbons (Fsp3) is 0.583. The van der Waals surface area contributed by atoms with Gasteiger partial charge in [-0.1, -0.05) is 18.5 Å². The highest BCUT2D eigenvalue weighted by molar-refractivity contribution is 6.31. The standard InChI is InChI=1S/C12H19ClN2/c1-9(6-10(2)14-3)7-11-4-5-15-8-12(11)13/h4-5,8-10,14H,6-7H2,1-3H3. The van der Waals surface area contributed by atoms with Crippen LogP contribution in [0.1, 0.15) is 25.8 Å². The summed E-state index contributed by atoms with van der Waals surface area (Å²) >= 11 is 6.06. The molecule has 1 rings (SSSR count). The molecule has 0 aliphatic heterocycles. The molecule has 0 fully saturated rings. The van der Waals surface area contributed by atoms with Gasteiger partial charge in [-0.2, -0.15) is 0 Å². The number of hydrogen-bond donors (Lipinski definition) is 1. The van der Waals surface area contributed by atoms with E-state index in [1.165, 1.54) is 5.56 Å². The molecule has 0 saturated carbocycles. The van der Waals surface area contributed by atoms with Crippen LogP contribution in [0.2, 0.25) is 5.02 Å². The number of hydrogen-bond acceptors (Lipinski definition) is 2. The fourth-order valence-electron chi connectivity index (χ4n) is 1.75. The molecule has 0 aromatic carbocycles. The molecule has 0 bridgehead atoms. The SMILES string of the molecule is CNC(C)CC(C)Cc1ccncc1Cl. The molecule has 2 nitrogen and oxygen atoms in total. The van der Waals surface area contributed by atoms with E-state index in [2.05, 4.69) is 24.1 Å². The smallest absolute Gasteiger partial charge is 0.0621 e. The lowest BCUT2D eigenvalue weighted by Gasteiger charge is -2.17. The lowest BCUT2D eigenvalue weighted by atomic mass is 9.95. The summed E-state index contributed by atoms with van der Waals surface area (Å²) in [6.07, 6.45) is 5.70. The second-order valence-electron chi connectivity index (χ2n) is 4.20. The minimum atomic E-state index is 0.556. The van der Waals surface area contributed by atoms with Crippen LogP contribution in [0.3, 0.4) is 0 Å². The first kappa shape index (κ1) is 12.5. The minimum Gasteiger partial charge on any atom is -0.317 e. The summed E-state index contributed by atoms with van der Waals surface area (Å²) in [6.45, 7) is 4.45. The van der Waals surface area contributed by atoms with Gasteiger partial charge in [0.25, 0.3) is 0 Å². The van der Waals surface area contributed by atoms with E-state index in [9.17, 15) is 0 Å². The van der Waals surface area contributed by atoms with Crippen LogP contribution in [-0.2, 0) is 6.42 Å². The van der Waals surface area contributed by atoms with Gasteiger partial charge in [0.05, 0.1) is 5.02 Å². The predicted octanol–water partition coefficient (Wildman–Crippen LogP) is 2.91. The van der Waals surface area contributed by atoms with Gasteiger partial charge in [0.1, 0.15) is 0 Å². The summed E-state index contributed by atoms with van der Waals surface area (Å²) in [7, 11) is 2.00. The Morgan fingerprint density at radius 2 is 2.20 bits per heavy atom. The number of nitrogens with zero attached hydrogens (tertiary/aromatic N) is 1. The summed E-state index contributed by atoms with van der Waals surface area (Å²) in [5.41, 5.74) is 1.20. The van der Waals surface area contributed by atoms with Crippen LogP contribution in [0, 0.1) is 5.92 Å². The zero-order valence-corrected chi connectivity index (χ0v) is 10.4. The maximum Gasteiger partial charge on any atom is 0.0621 e. The van der Waals surface area contributed by atoms with Crippen molar-refractivity contribution in [3.8, 4) is 0 Å². The molecule has 0 saturated heterocycles. The molecule has 0 aliphatic rings. The second kappa shape index (κ2) is 6.09. The Labute approximate surface area is 97.1 Å². The van der Waals surface area contributed by atoms with E-state index >= 15 is 0 Å².